The fourth-order valence-corrected chi connectivity index (χ4v) is 5.78. The monoisotopic (exact) mass is 596 g/mol. The van der Waals surface area contributed by atoms with Gasteiger partial charge in [0.15, 0.2) is 5.15 Å². The van der Waals surface area contributed by atoms with Crippen LogP contribution in [0.3, 0.4) is 0 Å². The van der Waals surface area contributed by atoms with E-state index in [0.717, 1.165) is 25.7 Å². The summed E-state index contributed by atoms with van der Waals surface area (Å²) < 4.78 is 1.41. The van der Waals surface area contributed by atoms with E-state index in [9.17, 15) is 14.4 Å². The van der Waals surface area contributed by atoms with E-state index in [2.05, 4.69) is 20.9 Å². The first-order valence-corrected chi connectivity index (χ1v) is 14.1. The summed E-state index contributed by atoms with van der Waals surface area (Å²) >= 11 is 12.2. The molecule has 3 aliphatic rings. The molecule has 1 saturated heterocycles. The summed E-state index contributed by atoms with van der Waals surface area (Å²) in [6, 6.07) is 4.08. The van der Waals surface area contributed by atoms with Gasteiger partial charge in [-0.25, -0.2) is 4.68 Å². The summed E-state index contributed by atoms with van der Waals surface area (Å²) in [4.78, 5) is 43.7. The second-order valence-electron chi connectivity index (χ2n) is 10.2. The van der Waals surface area contributed by atoms with Gasteiger partial charge in [-0.1, -0.05) is 54.1 Å². The zero-order chi connectivity index (χ0) is 29.1. The van der Waals surface area contributed by atoms with Crippen molar-refractivity contribution in [3.63, 3.8) is 0 Å². The van der Waals surface area contributed by atoms with E-state index in [1.165, 1.54) is 20.7 Å². The lowest BCUT2D eigenvalue weighted by Gasteiger charge is -2.39. The van der Waals surface area contributed by atoms with Crippen LogP contribution in [0.1, 0.15) is 32.1 Å². The first-order valence-electron chi connectivity index (χ1n) is 13.4. The van der Waals surface area contributed by atoms with Crippen LogP contribution in [-0.2, 0) is 14.4 Å². The number of amides is 3. The van der Waals surface area contributed by atoms with E-state index in [0.29, 0.717) is 39.8 Å². The van der Waals surface area contributed by atoms with E-state index in [1.54, 1.807) is 49.7 Å². The number of nitrogens with zero attached hydrogens (tertiary/aromatic N) is 5. The fourth-order valence-electron chi connectivity index (χ4n) is 5.48. The van der Waals surface area contributed by atoms with Crippen LogP contribution >= 0.6 is 23.2 Å². The molecule has 1 saturated carbocycles. The lowest BCUT2D eigenvalue weighted by Crippen LogP contribution is -2.60. The molecule has 11 nitrogen and oxygen atoms in total. The molecule has 0 spiro atoms. The largest absolute Gasteiger partial charge is 0.393 e. The average molecular weight is 598 g/mol. The maximum absolute atomic E-state index is 13.7. The molecule has 0 bridgehead atoms. The average Bonchev–Trinajstić information content (AvgIpc) is 3.62. The third kappa shape index (κ3) is 6.36. The van der Waals surface area contributed by atoms with Gasteiger partial charge in [-0.05, 0) is 48.8 Å². The molecule has 3 N–H and O–H groups in total. The standard InChI is InChI=1S/C28H30Cl2N8O3/c1-32-13-18-11-20(7-8-21(18)31)33-28(41)24(10-17-4-2-3-5-17)37-16-26(39)36(15-27(37)40)23-12-19(29)6-9-22(23)38-14-25(30)34-35-38/h6-9,11-14,17,24,31-32H,2-5,10,15-16H2,1H3,(H,33,41)/b18-13-,31-21?. The van der Waals surface area contributed by atoms with Crippen molar-refractivity contribution in [1.29, 1.82) is 5.41 Å². The molecule has 1 aromatic carbocycles. The molecule has 2 heterocycles. The minimum absolute atomic E-state index is 0.173. The van der Waals surface area contributed by atoms with Crippen LogP contribution in [0.25, 0.3) is 5.69 Å². The topological polar surface area (TPSA) is 136 Å². The predicted molar refractivity (Wildman–Crippen MR) is 156 cm³/mol. The van der Waals surface area contributed by atoms with Gasteiger partial charge < -0.3 is 20.9 Å². The highest BCUT2D eigenvalue weighted by Crippen LogP contribution is 2.33. The summed E-state index contributed by atoms with van der Waals surface area (Å²) in [6.45, 7) is -0.532. The molecule has 3 amide bonds. The highest BCUT2D eigenvalue weighted by molar-refractivity contribution is 6.31. The molecule has 2 aromatic rings. The van der Waals surface area contributed by atoms with Gasteiger partial charge in [0.25, 0.3) is 0 Å². The molecule has 1 aliphatic heterocycles. The SMILES string of the molecule is CN/C=C1/C=C(NC(=O)C(CC2CCCC2)N2CC(=O)N(c3cc(Cl)ccc3-n3cc(Cl)nn3)CC2=O)C=CC1=N. The fraction of sp³-hybridized carbons (Fsp3) is 0.357. The van der Waals surface area contributed by atoms with Gasteiger partial charge in [-0.3, -0.25) is 19.3 Å². The number of hydrogen-bond donors (Lipinski definition) is 3. The molecule has 2 fully saturated rings. The van der Waals surface area contributed by atoms with E-state index < -0.39 is 6.04 Å². The number of rotatable bonds is 8. The second kappa shape index (κ2) is 12.3. The smallest absolute Gasteiger partial charge is 0.247 e. The normalized spacial score (nSPS) is 19.6. The number of piperazine rings is 1. The van der Waals surface area contributed by atoms with Gasteiger partial charge >= 0.3 is 0 Å². The van der Waals surface area contributed by atoms with Crippen LogP contribution in [0.15, 0.2) is 60.1 Å². The van der Waals surface area contributed by atoms with E-state index in [4.69, 9.17) is 28.6 Å². The number of hydrogen-bond acceptors (Lipinski definition) is 7. The van der Waals surface area contributed by atoms with Crippen LogP contribution in [0, 0.1) is 11.3 Å². The lowest BCUT2D eigenvalue weighted by molar-refractivity contribution is -0.145. The quantitative estimate of drug-likeness (QED) is 0.427. The Balaban J connectivity index is 1.40. The van der Waals surface area contributed by atoms with Crippen molar-refractivity contribution >= 4 is 52.3 Å². The highest BCUT2D eigenvalue weighted by atomic mass is 35.5. The van der Waals surface area contributed by atoms with Crippen molar-refractivity contribution in [2.75, 3.05) is 25.0 Å². The van der Waals surface area contributed by atoms with Gasteiger partial charge in [0.2, 0.25) is 17.7 Å². The minimum Gasteiger partial charge on any atom is -0.393 e. The minimum atomic E-state index is -0.822. The van der Waals surface area contributed by atoms with Gasteiger partial charge in [0, 0.05) is 29.5 Å². The number of benzene rings is 1. The van der Waals surface area contributed by atoms with Crippen molar-refractivity contribution in [2.24, 2.45) is 5.92 Å². The molecule has 41 heavy (non-hydrogen) atoms. The first kappa shape index (κ1) is 28.6. The molecule has 13 heteroatoms. The number of nitrogens with one attached hydrogen (secondary N) is 3. The Morgan fingerprint density at radius 3 is 2.63 bits per heavy atom. The van der Waals surface area contributed by atoms with E-state index in [-0.39, 0.29) is 41.9 Å². The van der Waals surface area contributed by atoms with Gasteiger partial charge in [-0.2, -0.15) is 0 Å². The van der Waals surface area contributed by atoms with Crippen molar-refractivity contribution in [2.45, 2.75) is 38.1 Å². The van der Waals surface area contributed by atoms with E-state index >= 15 is 0 Å². The number of aromatic nitrogens is 3. The molecule has 1 atom stereocenters. The van der Waals surface area contributed by atoms with Crippen molar-refractivity contribution in [1.82, 2.24) is 30.5 Å². The van der Waals surface area contributed by atoms with Gasteiger partial charge in [-0.15, -0.1) is 5.10 Å². The number of carbonyl (C=O) groups excluding carboxylic acids is 3. The summed E-state index contributed by atoms with van der Waals surface area (Å²) in [5.41, 5.74) is 2.30. The van der Waals surface area contributed by atoms with Crippen molar-refractivity contribution in [3.8, 4) is 5.69 Å². The van der Waals surface area contributed by atoms with E-state index in [1.807, 2.05) is 0 Å². The number of carbonyl (C=O) groups is 3. The first-order chi connectivity index (χ1) is 19.7. The van der Waals surface area contributed by atoms with Gasteiger partial charge in [0.05, 0.1) is 23.3 Å². The molecule has 2 aliphatic carbocycles. The molecular formula is C28H30Cl2N8O3. The Morgan fingerprint density at radius 2 is 1.93 bits per heavy atom. The third-order valence-electron chi connectivity index (χ3n) is 7.49. The Labute approximate surface area is 247 Å². The Morgan fingerprint density at radius 1 is 1.15 bits per heavy atom. The second-order valence-corrected chi connectivity index (χ2v) is 11.1. The van der Waals surface area contributed by atoms with Crippen LogP contribution < -0.4 is 15.5 Å². The third-order valence-corrected chi connectivity index (χ3v) is 7.90. The maximum Gasteiger partial charge on any atom is 0.247 e. The molecule has 1 aromatic heterocycles. The molecule has 214 valence electrons. The molecule has 1 unspecified atom stereocenters. The predicted octanol–water partition coefficient (Wildman–Crippen LogP) is 3.39. The Bertz CT molecular complexity index is 1470. The van der Waals surface area contributed by atoms with Crippen LogP contribution in [0.4, 0.5) is 5.69 Å². The number of anilines is 1. The maximum atomic E-state index is 13.7. The lowest BCUT2D eigenvalue weighted by atomic mass is 9.95. The number of allylic oxidation sites excluding steroid dienone is 4. The summed E-state index contributed by atoms with van der Waals surface area (Å²) in [5.74, 6) is -0.781. The molecular weight excluding hydrogens is 567 g/mol. The summed E-state index contributed by atoms with van der Waals surface area (Å²) in [7, 11) is 1.73. The zero-order valence-electron chi connectivity index (χ0n) is 22.4. The van der Waals surface area contributed by atoms with Crippen molar-refractivity contribution in [3.05, 3.63) is 70.3 Å². The Kier molecular flexibility index (Phi) is 8.55. The van der Waals surface area contributed by atoms with Crippen LogP contribution in [0.5, 0.6) is 0 Å². The van der Waals surface area contributed by atoms with Crippen molar-refractivity contribution < 1.29 is 14.4 Å². The molecule has 5 rings (SSSR count). The van der Waals surface area contributed by atoms with Gasteiger partial charge in [0.1, 0.15) is 19.1 Å². The molecule has 0 radical (unpaired) electrons. The van der Waals surface area contributed by atoms with Crippen LogP contribution in [0.2, 0.25) is 10.2 Å². The zero-order valence-corrected chi connectivity index (χ0v) is 24.0. The Hall–Kier alpha value is -3.96. The number of halogens is 2. The summed E-state index contributed by atoms with van der Waals surface area (Å²) in [5, 5.41) is 22.2. The summed E-state index contributed by atoms with van der Waals surface area (Å²) in [6.07, 6.45) is 12.7. The van der Waals surface area contributed by atoms with Crippen LogP contribution in [-0.4, -0.2) is 69.5 Å². The highest BCUT2D eigenvalue weighted by Gasteiger charge is 2.40.